The zero-order chi connectivity index (χ0) is 12.1. The van der Waals surface area contributed by atoms with E-state index < -0.39 is 16.0 Å². The van der Waals surface area contributed by atoms with Crippen LogP contribution in [0.3, 0.4) is 0 Å². The number of rotatable bonds is 6. The van der Waals surface area contributed by atoms with Crippen molar-refractivity contribution in [2.45, 2.75) is 39.2 Å². The number of hydrogen-bond donors (Lipinski definition) is 0. The Bertz CT molecular complexity index is 338. The molecule has 0 aliphatic rings. The lowest BCUT2D eigenvalue weighted by Crippen LogP contribution is -2.28. The molecule has 88 valence electrons. The molecule has 0 aromatic rings. The van der Waals surface area contributed by atoms with Crippen LogP contribution in [0, 0.1) is 0 Å². The van der Waals surface area contributed by atoms with Gasteiger partial charge in [0.25, 0.3) is 0 Å². The smallest absolute Gasteiger partial charge is 0.218 e. The molecule has 0 aromatic heterocycles. The van der Waals surface area contributed by atoms with E-state index >= 15 is 0 Å². The fraction of sp³-hybridized carbons (Fsp3) is 0.600. The fourth-order valence-electron chi connectivity index (χ4n) is 1.06. The first-order chi connectivity index (χ1) is 6.68. The minimum absolute atomic E-state index is 0.406. The molecular weight excluding hydrogens is 216 g/mol. The van der Waals surface area contributed by atoms with Crippen LogP contribution in [0.25, 0.3) is 0 Å². The van der Waals surface area contributed by atoms with Gasteiger partial charge in [0.2, 0.25) is 10.4 Å². The van der Waals surface area contributed by atoms with E-state index in [9.17, 15) is 13.0 Å². The van der Waals surface area contributed by atoms with Gasteiger partial charge in [0, 0.05) is 0 Å². The summed E-state index contributed by atoms with van der Waals surface area (Å²) >= 11 is 0. The van der Waals surface area contributed by atoms with E-state index in [0.717, 1.165) is 5.57 Å². The van der Waals surface area contributed by atoms with Crippen LogP contribution >= 0.6 is 0 Å². The highest BCUT2D eigenvalue weighted by Crippen LogP contribution is 2.21. The Morgan fingerprint density at radius 2 is 2.07 bits per heavy atom. The Labute approximate surface area is 91.6 Å². The van der Waals surface area contributed by atoms with Gasteiger partial charge in [0.1, 0.15) is 5.60 Å². The molecule has 15 heavy (non-hydrogen) atoms. The predicted octanol–water partition coefficient (Wildman–Crippen LogP) is 2.15. The quantitative estimate of drug-likeness (QED) is 0.400. The summed E-state index contributed by atoms with van der Waals surface area (Å²) in [7, 11) is -4.69. The van der Waals surface area contributed by atoms with Crippen LogP contribution in [0.4, 0.5) is 0 Å². The SMILES string of the molecule is C=CC(C)(CCC=C(C)C)OS(=O)(=O)[O-]. The molecule has 0 rings (SSSR count). The maximum Gasteiger partial charge on any atom is 0.218 e. The van der Waals surface area contributed by atoms with E-state index in [1.807, 2.05) is 19.9 Å². The summed E-state index contributed by atoms with van der Waals surface area (Å²) in [5.74, 6) is 0. The molecule has 4 nitrogen and oxygen atoms in total. The van der Waals surface area contributed by atoms with Crippen LogP contribution in [0.1, 0.15) is 33.6 Å². The van der Waals surface area contributed by atoms with E-state index in [-0.39, 0.29) is 0 Å². The Hall–Kier alpha value is -0.650. The summed E-state index contributed by atoms with van der Waals surface area (Å²) in [6.45, 7) is 8.87. The molecule has 0 fully saturated rings. The molecule has 0 amide bonds. The molecule has 0 aromatic carbocycles. The van der Waals surface area contributed by atoms with Crippen LogP contribution in [-0.4, -0.2) is 18.6 Å². The van der Waals surface area contributed by atoms with Gasteiger partial charge in [-0.05, 0) is 33.6 Å². The molecule has 0 radical (unpaired) electrons. The molecule has 0 aliphatic carbocycles. The van der Waals surface area contributed by atoms with Crippen molar-refractivity contribution in [1.82, 2.24) is 0 Å². The molecule has 0 bridgehead atoms. The number of allylic oxidation sites excluding steroid dienone is 2. The Balaban J connectivity index is 4.46. The third-order valence-corrected chi connectivity index (χ3v) is 2.50. The highest BCUT2D eigenvalue weighted by Gasteiger charge is 2.23. The molecule has 1 unspecified atom stereocenters. The highest BCUT2D eigenvalue weighted by atomic mass is 32.3. The van der Waals surface area contributed by atoms with Crippen molar-refractivity contribution in [2.24, 2.45) is 0 Å². The van der Waals surface area contributed by atoms with Crippen molar-refractivity contribution in [3.8, 4) is 0 Å². The third kappa shape index (κ3) is 7.30. The van der Waals surface area contributed by atoms with Gasteiger partial charge in [-0.2, -0.15) is 0 Å². The van der Waals surface area contributed by atoms with Crippen LogP contribution in [0.2, 0.25) is 0 Å². The van der Waals surface area contributed by atoms with E-state index in [2.05, 4.69) is 10.8 Å². The highest BCUT2D eigenvalue weighted by molar-refractivity contribution is 7.80. The standard InChI is InChI=1S/C10H18O4S/c1-5-10(4,14-15(11,12)13)8-6-7-9(2)3/h5,7H,1,6,8H2,2-4H3,(H,11,12,13)/p-1. The molecule has 0 aliphatic heterocycles. The molecule has 0 N–H and O–H groups in total. The molecule has 1 atom stereocenters. The van der Waals surface area contributed by atoms with Gasteiger partial charge < -0.3 is 4.55 Å². The van der Waals surface area contributed by atoms with Gasteiger partial charge in [0.05, 0.1) is 0 Å². The molecule has 5 heteroatoms. The minimum Gasteiger partial charge on any atom is -0.725 e. The van der Waals surface area contributed by atoms with E-state index in [0.29, 0.717) is 12.8 Å². The molecule has 0 saturated heterocycles. The van der Waals surface area contributed by atoms with Gasteiger partial charge in [-0.1, -0.05) is 17.7 Å². The van der Waals surface area contributed by atoms with Crippen molar-refractivity contribution in [1.29, 1.82) is 0 Å². The van der Waals surface area contributed by atoms with Crippen LogP contribution < -0.4 is 0 Å². The summed E-state index contributed by atoms with van der Waals surface area (Å²) in [6.07, 6.45) is 4.33. The molecule has 0 saturated carbocycles. The van der Waals surface area contributed by atoms with Crippen molar-refractivity contribution in [3.05, 3.63) is 24.3 Å². The van der Waals surface area contributed by atoms with Crippen molar-refractivity contribution < 1.29 is 17.2 Å². The average molecular weight is 233 g/mol. The third-order valence-electron chi connectivity index (χ3n) is 1.92. The first-order valence-corrected chi connectivity index (χ1v) is 5.95. The maximum atomic E-state index is 10.5. The molecular formula is C10H17O4S-. The van der Waals surface area contributed by atoms with Gasteiger partial charge in [-0.15, -0.1) is 6.58 Å². The van der Waals surface area contributed by atoms with Crippen LogP contribution in [-0.2, 0) is 14.6 Å². The van der Waals surface area contributed by atoms with Gasteiger partial charge >= 0.3 is 0 Å². The second-order valence-corrected chi connectivity index (χ2v) is 4.81. The Morgan fingerprint density at radius 1 is 1.53 bits per heavy atom. The lowest BCUT2D eigenvalue weighted by Gasteiger charge is -2.26. The summed E-state index contributed by atoms with van der Waals surface area (Å²) < 4.78 is 35.8. The second-order valence-electron chi connectivity index (χ2n) is 3.83. The summed E-state index contributed by atoms with van der Waals surface area (Å²) in [4.78, 5) is 0. The van der Waals surface area contributed by atoms with Gasteiger partial charge in [-0.25, -0.2) is 8.42 Å². The normalized spacial score (nSPS) is 15.5. The largest absolute Gasteiger partial charge is 0.725 e. The van der Waals surface area contributed by atoms with E-state index in [1.54, 1.807) is 0 Å². The topological polar surface area (TPSA) is 66.4 Å². The Kier molecular flexibility index (Phi) is 5.20. The molecule has 0 heterocycles. The van der Waals surface area contributed by atoms with Crippen LogP contribution in [0.15, 0.2) is 24.3 Å². The van der Waals surface area contributed by atoms with Crippen molar-refractivity contribution in [2.75, 3.05) is 0 Å². The van der Waals surface area contributed by atoms with E-state index in [4.69, 9.17) is 0 Å². The summed E-state index contributed by atoms with van der Waals surface area (Å²) in [5.41, 5.74) is 0.0124. The van der Waals surface area contributed by atoms with Crippen LogP contribution in [0.5, 0.6) is 0 Å². The molecule has 0 spiro atoms. The summed E-state index contributed by atoms with van der Waals surface area (Å²) in [6, 6.07) is 0. The lowest BCUT2D eigenvalue weighted by atomic mass is 10.00. The predicted molar refractivity (Wildman–Crippen MR) is 58.0 cm³/mol. The van der Waals surface area contributed by atoms with Gasteiger partial charge in [0.15, 0.2) is 0 Å². The maximum absolute atomic E-state index is 10.5. The second kappa shape index (κ2) is 5.44. The van der Waals surface area contributed by atoms with E-state index in [1.165, 1.54) is 13.0 Å². The zero-order valence-corrected chi connectivity index (χ0v) is 10.1. The fourth-order valence-corrected chi connectivity index (χ4v) is 1.68. The monoisotopic (exact) mass is 233 g/mol. The van der Waals surface area contributed by atoms with Crippen molar-refractivity contribution in [3.63, 3.8) is 0 Å². The first kappa shape index (κ1) is 14.3. The Morgan fingerprint density at radius 3 is 2.40 bits per heavy atom. The summed E-state index contributed by atoms with van der Waals surface area (Å²) in [5, 5.41) is 0. The number of hydrogen-bond acceptors (Lipinski definition) is 4. The van der Waals surface area contributed by atoms with Crippen molar-refractivity contribution >= 4 is 10.4 Å². The first-order valence-electron chi connectivity index (χ1n) is 4.62. The lowest BCUT2D eigenvalue weighted by molar-refractivity contribution is 0.117. The average Bonchev–Trinajstić information content (AvgIpc) is 2.00. The van der Waals surface area contributed by atoms with Gasteiger partial charge in [-0.3, -0.25) is 4.18 Å². The zero-order valence-electron chi connectivity index (χ0n) is 9.32. The minimum atomic E-state index is -4.69.